The Labute approximate surface area is 548 Å². The van der Waals surface area contributed by atoms with Crippen LogP contribution in [0.3, 0.4) is 0 Å². The van der Waals surface area contributed by atoms with Gasteiger partial charge in [-0.25, -0.2) is 0 Å². The van der Waals surface area contributed by atoms with Crippen LogP contribution < -0.4 is 0 Å². The lowest BCUT2D eigenvalue weighted by Gasteiger charge is -2.57. The molecule has 3 aromatic heterocycles. The Morgan fingerprint density at radius 3 is 1.16 bits per heavy atom. The molecule has 0 spiro atoms. The van der Waals surface area contributed by atoms with E-state index in [0.717, 1.165) is 122 Å². The highest BCUT2D eigenvalue weighted by Crippen LogP contribution is 2.68. The van der Waals surface area contributed by atoms with Gasteiger partial charge in [0, 0.05) is 55.9 Å². The second-order valence-electron chi connectivity index (χ2n) is 33.3. The molecule has 0 bridgehead atoms. The van der Waals surface area contributed by atoms with Gasteiger partial charge in [-0.3, -0.25) is 22.5 Å². The lowest BCUT2D eigenvalue weighted by Crippen LogP contribution is -2.51. The molecule has 494 valence electrons. The van der Waals surface area contributed by atoms with Crippen molar-refractivity contribution in [1.82, 2.24) is 29.3 Å². The number of nitriles is 3. The largest absolute Gasteiger partial charge is 0.390 e. The maximum Gasteiger partial charge on any atom is 0.116 e. The second-order valence-corrected chi connectivity index (χ2v) is 37.7. The van der Waals surface area contributed by atoms with Gasteiger partial charge in [-0.05, 0) is 299 Å². The maximum absolute atomic E-state index is 13.4. The summed E-state index contributed by atoms with van der Waals surface area (Å²) in [6, 6.07) is 6.39. The summed E-state index contributed by atoms with van der Waals surface area (Å²) in [5, 5.41) is 72.8. The molecule has 0 unspecified atom stereocenters. The van der Waals surface area contributed by atoms with Crippen LogP contribution in [0.25, 0.3) is 0 Å². The third-order valence-corrected chi connectivity index (χ3v) is 33.7. The smallest absolute Gasteiger partial charge is 0.116 e. The van der Waals surface area contributed by atoms with Gasteiger partial charge < -0.3 is 15.3 Å². The van der Waals surface area contributed by atoms with Crippen molar-refractivity contribution in [2.24, 2.45) is 105 Å². The number of aromatic nitrogens is 6. The Bertz CT molecular complexity index is 3060. The Hall–Kier alpha value is -3.37. The molecule has 12 aliphatic rings. The Kier molecular flexibility index (Phi) is 19.2. The summed E-state index contributed by atoms with van der Waals surface area (Å²) in [4.78, 5) is 0. The Morgan fingerprint density at radius 2 is 0.778 bits per heavy atom. The van der Waals surface area contributed by atoms with E-state index in [0.29, 0.717) is 62.8 Å². The molecule has 0 amide bonds. The summed E-state index contributed by atoms with van der Waals surface area (Å²) in [7, 11) is -1.93. The quantitative estimate of drug-likeness (QED) is 0.182. The zero-order valence-corrected chi connectivity index (χ0v) is 56.9. The molecule has 26 atom stereocenters. The molecular formula is C73H109N9O5S3. The van der Waals surface area contributed by atoms with Crippen molar-refractivity contribution in [3.05, 3.63) is 53.9 Å². The number of thioether (sulfide) groups is 1. The van der Waals surface area contributed by atoms with Crippen LogP contribution in [0, 0.1) is 139 Å². The van der Waals surface area contributed by atoms with Crippen molar-refractivity contribution in [2.75, 3.05) is 0 Å². The molecule has 3 aromatic rings. The summed E-state index contributed by atoms with van der Waals surface area (Å²) in [6.45, 7) is 13.5. The van der Waals surface area contributed by atoms with Gasteiger partial charge in [0.1, 0.15) is 30.0 Å². The van der Waals surface area contributed by atoms with Crippen molar-refractivity contribution < 1.29 is 23.7 Å². The minimum atomic E-state index is -0.965. The fraction of sp³-hybridized carbons (Fsp3) is 0.836. The van der Waals surface area contributed by atoms with Crippen LogP contribution in [0.5, 0.6) is 0 Å². The van der Waals surface area contributed by atoms with Gasteiger partial charge in [0.25, 0.3) is 0 Å². The number of nitrogens with zero attached hydrogens (tertiary/aromatic N) is 9. The monoisotopic (exact) mass is 1290 g/mol. The van der Waals surface area contributed by atoms with Crippen LogP contribution in [0.2, 0.25) is 0 Å². The number of fused-ring (bicyclic) bond motifs is 15. The average molecular weight is 1290 g/mol. The SMILES string of the molecule is C.C[C@@]1(O)CC[C@H]2[C@H](CC[C@@H]3[C@@H]2CC[C@]2(C)[C@@H](SCn4cc(C#N)cn4)CC[C@@H]32)C1.C[C@@]1(O)CC[C@H]2[C@H](CC[C@@H]3[C@@H]2CC[C@]2(C)[C@@H]([S@@](=O)Cn4cc(C#N)cn4)CC[C@@H]32)C1.C[C@@]1(O)CC[C@H]2[C@H](CC[C@@H]3[C@@H]2CC[C@]2(C)[C@@H]([S@](=O)Cn4cc(C#N)cn4)CC[C@@H]32)C1. The molecule has 0 aliphatic heterocycles. The van der Waals surface area contributed by atoms with Crippen LogP contribution in [-0.2, 0) is 39.2 Å². The minimum absolute atomic E-state index is 0. The van der Waals surface area contributed by atoms with Crippen molar-refractivity contribution in [2.45, 2.75) is 273 Å². The van der Waals surface area contributed by atoms with E-state index in [2.05, 4.69) is 73.0 Å². The molecule has 12 fully saturated rings. The minimum Gasteiger partial charge on any atom is -0.390 e. The molecule has 14 nitrogen and oxygen atoms in total. The zero-order chi connectivity index (χ0) is 62.4. The zero-order valence-electron chi connectivity index (χ0n) is 54.5. The third-order valence-electron chi connectivity index (χ3n) is 28.3. The molecule has 0 radical (unpaired) electrons. The van der Waals surface area contributed by atoms with E-state index in [-0.39, 0.29) is 28.8 Å². The van der Waals surface area contributed by atoms with E-state index in [1.54, 1.807) is 40.3 Å². The van der Waals surface area contributed by atoms with Crippen LogP contribution in [0.1, 0.15) is 239 Å². The van der Waals surface area contributed by atoms with Crippen molar-refractivity contribution in [3.63, 3.8) is 0 Å². The van der Waals surface area contributed by atoms with Crippen molar-refractivity contribution in [1.29, 1.82) is 15.8 Å². The van der Waals surface area contributed by atoms with Crippen LogP contribution in [0.15, 0.2) is 37.2 Å². The van der Waals surface area contributed by atoms with E-state index in [1.165, 1.54) is 122 Å². The molecule has 3 N–H and O–H groups in total. The normalized spacial score (nSPS) is 45.8. The van der Waals surface area contributed by atoms with E-state index in [9.17, 15) is 23.7 Å². The topological polar surface area (TPSA) is 220 Å². The Morgan fingerprint density at radius 1 is 0.444 bits per heavy atom. The van der Waals surface area contributed by atoms with Gasteiger partial charge in [0.05, 0.1) is 58.0 Å². The lowest BCUT2D eigenvalue weighted by molar-refractivity contribution is -0.0934. The molecule has 0 aromatic carbocycles. The first kappa shape index (κ1) is 66.6. The first-order valence-corrected chi connectivity index (χ1v) is 39.1. The first-order chi connectivity index (χ1) is 42.5. The summed E-state index contributed by atoms with van der Waals surface area (Å²) in [5.41, 5.74) is 1.21. The molecule has 0 saturated heterocycles. The standard InChI is InChI=1S/2C24H35N3O2S.C24H35N3OS.CH4/c2*1-23(28)9-7-18-17(11-23)3-4-20-19(18)8-10-24(2)21(20)5-6-22(24)30(29)15-27-14-16(12-25)13-26-27;1-23(28)9-7-18-17(11-23)3-4-20-19(18)8-10-24(2)21(20)5-6-22(24)29-15-27-14-16(12-25)13-26-27;/h2*13-14,17-22,28H,3-11,15H2,1-2H3;13-14,17-22,28H,3-11,15H2,1-2H3;1H4/t17-,18+,19-,20-,21+,22+,23-,24+,30+;17-,18+,19-,20-,21+,22+,23-,24+,30-;17-,18+,19-,20-,21+,22+,23-,24+;/m111./s1. The van der Waals surface area contributed by atoms with E-state index < -0.39 is 38.4 Å². The first-order valence-electron chi connectivity index (χ1n) is 35.3. The Balaban J connectivity index is 0.000000130. The average Bonchev–Trinajstić information content (AvgIpc) is 1.55. The van der Waals surface area contributed by atoms with Crippen LogP contribution >= 0.6 is 11.8 Å². The fourth-order valence-electron chi connectivity index (χ4n) is 24.3. The molecule has 12 aliphatic carbocycles. The van der Waals surface area contributed by atoms with Crippen molar-refractivity contribution >= 4 is 33.4 Å². The van der Waals surface area contributed by atoms with Crippen LogP contribution in [-0.4, -0.2) is 85.6 Å². The van der Waals surface area contributed by atoms with Gasteiger partial charge in [0.2, 0.25) is 0 Å². The highest BCUT2D eigenvalue weighted by Gasteiger charge is 2.62. The van der Waals surface area contributed by atoms with Gasteiger partial charge in [-0.15, -0.1) is 11.8 Å². The van der Waals surface area contributed by atoms with Crippen molar-refractivity contribution in [3.8, 4) is 18.2 Å². The number of aliphatic hydroxyl groups is 3. The molecule has 3 heterocycles. The second kappa shape index (κ2) is 26.0. The van der Waals surface area contributed by atoms with Gasteiger partial charge >= 0.3 is 0 Å². The molecule has 12 saturated carbocycles. The predicted molar refractivity (Wildman–Crippen MR) is 356 cm³/mol. The number of rotatable bonds is 9. The van der Waals surface area contributed by atoms with Crippen LogP contribution in [0.4, 0.5) is 0 Å². The maximum atomic E-state index is 13.4. The summed E-state index contributed by atoms with van der Waals surface area (Å²) in [5.74, 6) is 13.6. The highest BCUT2D eigenvalue weighted by molar-refractivity contribution is 7.99. The fourth-order valence-corrected chi connectivity index (χ4v) is 29.5. The van der Waals surface area contributed by atoms with Gasteiger partial charge in [-0.1, -0.05) is 28.2 Å². The third kappa shape index (κ3) is 12.7. The molecule has 17 heteroatoms. The predicted octanol–water partition coefficient (Wildman–Crippen LogP) is 14.3. The summed E-state index contributed by atoms with van der Waals surface area (Å²) >= 11 is 2.07. The van der Waals surface area contributed by atoms with Gasteiger partial charge in [-0.2, -0.15) is 31.1 Å². The number of hydrogen-bond donors (Lipinski definition) is 3. The van der Waals surface area contributed by atoms with E-state index in [1.807, 2.05) is 24.7 Å². The number of hydrogen-bond acceptors (Lipinski definition) is 12. The molecular weight excluding hydrogens is 1180 g/mol. The molecule has 90 heavy (non-hydrogen) atoms. The van der Waals surface area contributed by atoms with Gasteiger partial charge in [0.15, 0.2) is 0 Å². The highest BCUT2D eigenvalue weighted by atomic mass is 32.2. The lowest BCUT2D eigenvalue weighted by atomic mass is 9.50. The summed E-state index contributed by atoms with van der Waals surface area (Å²) < 4.78 is 32.1. The van der Waals surface area contributed by atoms with E-state index >= 15 is 0 Å². The van der Waals surface area contributed by atoms with E-state index in [4.69, 9.17) is 15.8 Å². The summed E-state index contributed by atoms with van der Waals surface area (Å²) in [6.07, 6.45) is 42.5. The molecule has 15 rings (SSSR count).